The van der Waals surface area contributed by atoms with Gasteiger partial charge < -0.3 is 5.73 Å². The number of Topliss-reactive ketones (excluding diaryl/α,β-unsaturated/α-hetero) is 1. The summed E-state index contributed by atoms with van der Waals surface area (Å²) in [5.41, 5.74) is 6.03. The lowest BCUT2D eigenvalue weighted by atomic mass is 9.65. The van der Waals surface area contributed by atoms with Crippen molar-refractivity contribution in [2.75, 3.05) is 0 Å². The van der Waals surface area contributed by atoms with E-state index in [1.807, 2.05) is 20.8 Å². The molecule has 0 aromatic carbocycles. The summed E-state index contributed by atoms with van der Waals surface area (Å²) < 4.78 is 0. The van der Waals surface area contributed by atoms with E-state index in [-0.39, 0.29) is 28.1 Å². The molecule has 2 N–H and O–H groups in total. The van der Waals surface area contributed by atoms with Gasteiger partial charge in [0.2, 0.25) is 0 Å². The largest absolute Gasteiger partial charge is 0.321 e. The summed E-state index contributed by atoms with van der Waals surface area (Å²) in [7, 11) is 0. The van der Waals surface area contributed by atoms with Crippen LogP contribution in [0.2, 0.25) is 0 Å². The normalized spacial score (nSPS) is 15.8. The Hall–Kier alpha value is -0.370. The Bertz CT molecular complexity index is 271. The van der Waals surface area contributed by atoms with Crippen LogP contribution < -0.4 is 5.73 Å². The highest BCUT2D eigenvalue weighted by Gasteiger charge is 2.38. The minimum atomic E-state index is -0.348. The Morgan fingerprint density at radius 1 is 1.06 bits per heavy atom. The zero-order valence-corrected chi connectivity index (χ0v) is 13.0. The first-order chi connectivity index (χ1) is 7.35. The van der Waals surface area contributed by atoms with E-state index in [1.165, 1.54) is 0 Å². The lowest BCUT2D eigenvalue weighted by Crippen LogP contribution is -2.45. The smallest absolute Gasteiger partial charge is 0.155 e. The zero-order chi connectivity index (χ0) is 14.1. The highest BCUT2D eigenvalue weighted by molar-refractivity contribution is 5.88. The molecule has 0 aliphatic heterocycles. The van der Waals surface area contributed by atoms with Gasteiger partial charge in [0.05, 0.1) is 6.04 Å². The van der Waals surface area contributed by atoms with Crippen LogP contribution in [0.3, 0.4) is 0 Å². The molecular weight excluding hydrogens is 210 g/mol. The predicted molar refractivity (Wildman–Crippen MR) is 74.9 cm³/mol. The maximum Gasteiger partial charge on any atom is 0.155 e. The van der Waals surface area contributed by atoms with Crippen LogP contribution in [-0.4, -0.2) is 11.8 Å². The van der Waals surface area contributed by atoms with E-state index in [9.17, 15) is 4.79 Å². The van der Waals surface area contributed by atoms with E-state index >= 15 is 0 Å². The van der Waals surface area contributed by atoms with Crippen LogP contribution in [0.25, 0.3) is 0 Å². The molecule has 1 unspecified atom stereocenters. The SMILES string of the molecule is CCC(C)(C)C(=O)C(N)CC(C)(C)C(C)(C)C. The van der Waals surface area contributed by atoms with Gasteiger partial charge in [0.1, 0.15) is 0 Å². The molecule has 0 aliphatic rings. The van der Waals surface area contributed by atoms with Crippen molar-refractivity contribution in [3.8, 4) is 0 Å². The van der Waals surface area contributed by atoms with Gasteiger partial charge in [0.25, 0.3) is 0 Å². The lowest BCUT2D eigenvalue weighted by Gasteiger charge is -2.41. The topological polar surface area (TPSA) is 43.1 Å². The molecular formula is C15H31NO. The quantitative estimate of drug-likeness (QED) is 0.796. The molecule has 0 aromatic rings. The molecule has 0 saturated carbocycles. The van der Waals surface area contributed by atoms with Crippen molar-refractivity contribution in [1.82, 2.24) is 0 Å². The molecule has 0 saturated heterocycles. The molecule has 0 aliphatic carbocycles. The number of hydrogen-bond acceptors (Lipinski definition) is 2. The Morgan fingerprint density at radius 2 is 1.47 bits per heavy atom. The van der Waals surface area contributed by atoms with Crippen molar-refractivity contribution < 1.29 is 4.79 Å². The predicted octanol–water partition coefficient (Wildman–Crippen LogP) is 3.78. The van der Waals surface area contributed by atoms with Gasteiger partial charge in [-0.3, -0.25) is 4.79 Å². The van der Waals surface area contributed by atoms with Gasteiger partial charge in [-0.05, 0) is 23.7 Å². The molecule has 17 heavy (non-hydrogen) atoms. The minimum absolute atomic E-state index is 0.0614. The Labute approximate surface area is 107 Å². The van der Waals surface area contributed by atoms with E-state index in [0.717, 1.165) is 12.8 Å². The molecule has 2 nitrogen and oxygen atoms in total. The molecule has 0 aromatic heterocycles. The average molecular weight is 241 g/mol. The number of carbonyl (C=O) groups is 1. The fraction of sp³-hybridized carbons (Fsp3) is 0.933. The molecule has 0 amide bonds. The van der Waals surface area contributed by atoms with Gasteiger partial charge in [-0.2, -0.15) is 0 Å². The van der Waals surface area contributed by atoms with E-state index in [1.54, 1.807) is 0 Å². The summed E-state index contributed by atoms with van der Waals surface area (Å²) in [6, 6.07) is -0.348. The van der Waals surface area contributed by atoms with Crippen LogP contribution in [0.1, 0.15) is 68.2 Å². The Morgan fingerprint density at radius 3 is 1.76 bits per heavy atom. The molecule has 0 heterocycles. The van der Waals surface area contributed by atoms with Gasteiger partial charge in [-0.25, -0.2) is 0 Å². The van der Waals surface area contributed by atoms with Crippen LogP contribution in [0.4, 0.5) is 0 Å². The van der Waals surface area contributed by atoms with E-state index in [0.29, 0.717) is 0 Å². The lowest BCUT2D eigenvalue weighted by molar-refractivity contribution is -0.129. The monoisotopic (exact) mass is 241 g/mol. The summed E-state index contributed by atoms with van der Waals surface area (Å²) in [6.07, 6.45) is 1.59. The third-order valence-electron chi connectivity index (χ3n) is 4.65. The van der Waals surface area contributed by atoms with Gasteiger partial charge in [-0.1, -0.05) is 55.4 Å². The second-order valence-electron chi connectivity index (χ2n) is 7.55. The van der Waals surface area contributed by atoms with Gasteiger partial charge >= 0.3 is 0 Å². The molecule has 0 fully saturated rings. The van der Waals surface area contributed by atoms with E-state index < -0.39 is 0 Å². The summed E-state index contributed by atoms with van der Waals surface area (Å²) in [5.74, 6) is 0.192. The third kappa shape index (κ3) is 4.09. The molecule has 0 bridgehead atoms. The summed E-state index contributed by atoms with van der Waals surface area (Å²) in [4.78, 5) is 12.3. The third-order valence-corrected chi connectivity index (χ3v) is 4.65. The maximum absolute atomic E-state index is 12.3. The first kappa shape index (κ1) is 16.6. The van der Waals surface area contributed by atoms with Crippen molar-refractivity contribution in [2.24, 2.45) is 22.0 Å². The fourth-order valence-corrected chi connectivity index (χ4v) is 1.62. The van der Waals surface area contributed by atoms with Crippen molar-refractivity contribution in [1.29, 1.82) is 0 Å². The Balaban J connectivity index is 4.78. The number of rotatable bonds is 5. The number of carbonyl (C=O) groups excluding carboxylic acids is 1. The van der Waals surface area contributed by atoms with E-state index in [4.69, 9.17) is 5.73 Å². The van der Waals surface area contributed by atoms with Crippen LogP contribution in [0, 0.1) is 16.2 Å². The van der Waals surface area contributed by atoms with Gasteiger partial charge in [0.15, 0.2) is 5.78 Å². The van der Waals surface area contributed by atoms with Crippen LogP contribution in [0.15, 0.2) is 0 Å². The van der Waals surface area contributed by atoms with Crippen LogP contribution in [-0.2, 0) is 4.79 Å². The second kappa shape index (κ2) is 5.09. The Kier molecular flexibility index (Phi) is 4.98. The minimum Gasteiger partial charge on any atom is -0.321 e. The molecule has 1 atom stereocenters. The van der Waals surface area contributed by atoms with Gasteiger partial charge in [0, 0.05) is 5.41 Å². The summed E-state index contributed by atoms with van der Waals surface area (Å²) >= 11 is 0. The van der Waals surface area contributed by atoms with E-state index in [2.05, 4.69) is 34.6 Å². The van der Waals surface area contributed by atoms with Crippen molar-refractivity contribution in [3.63, 3.8) is 0 Å². The maximum atomic E-state index is 12.3. The molecule has 0 spiro atoms. The number of nitrogens with two attached hydrogens (primary N) is 1. The molecule has 2 heteroatoms. The average Bonchev–Trinajstić information content (AvgIpc) is 2.14. The first-order valence-electron chi connectivity index (χ1n) is 6.65. The molecule has 0 radical (unpaired) electrons. The number of hydrogen-bond donors (Lipinski definition) is 1. The highest BCUT2D eigenvalue weighted by Crippen LogP contribution is 2.42. The summed E-state index contributed by atoms with van der Waals surface area (Å²) in [5, 5.41) is 0. The molecule has 0 rings (SSSR count). The molecule has 102 valence electrons. The number of ketones is 1. The standard InChI is InChI=1S/C15H31NO/c1-9-14(5,6)12(17)11(16)10-15(7,8)13(2,3)4/h11H,9-10,16H2,1-8H3. The van der Waals surface area contributed by atoms with Gasteiger partial charge in [-0.15, -0.1) is 0 Å². The fourth-order valence-electron chi connectivity index (χ4n) is 1.62. The van der Waals surface area contributed by atoms with Crippen LogP contribution >= 0.6 is 0 Å². The van der Waals surface area contributed by atoms with Crippen molar-refractivity contribution in [2.45, 2.75) is 74.3 Å². The summed E-state index contributed by atoms with van der Waals surface area (Å²) in [6.45, 7) is 17.0. The zero-order valence-electron chi connectivity index (χ0n) is 13.0. The highest BCUT2D eigenvalue weighted by atomic mass is 16.1. The first-order valence-corrected chi connectivity index (χ1v) is 6.65. The van der Waals surface area contributed by atoms with Crippen molar-refractivity contribution in [3.05, 3.63) is 0 Å². The van der Waals surface area contributed by atoms with Crippen molar-refractivity contribution >= 4 is 5.78 Å². The van der Waals surface area contributed by atoms with Crippen LogP contribution in [0.5, 0.6) is 0 Å². The second-order valence-corrected chi connectivity index (χ2v) is 7.55.